The maximum Gasteiger partial charge on any atom is 0.217 e. The Morgan fingerprint density at radius 2 is 0.535 bits per heavy atom. The molecule has 0 bridgehead atoms. The van der Waals surface area contributed by atoms with E-state index in [1.807, 2.05) is 0 Å². The normalized spacial score (nSPS) is 49.6. The van der Waals surface area contributed by atoms with E-state index in [-0.39, 0.29) is 0 Å². The largest absolute Gasteiger partial charge is 0.394 e. The number of carbonyl (C=O) groups is 1. The molecule has 9 saturated heterocycles. The first kappa shape index (κ1) is 95.3. The van der Waals surface area contributed by atoms with Crippen LogP contribution in [0.1, 0.15) is 6.92 Å². The number of amides is 1. The van der Waals surface area contributed by atoms with Crippen LogP contribution in [-0.4, -0.2) is 543 Å². The molecule has 0 aliphatic carbocycles. The summed E-state index contributed by atoms with van der Waals surface area (Å²) in [7, 11) is 0. The molecule has 9 aliphatic heterocycles. The van der Waals surface area contributed by atoms with E-state index in [4.69, 9.17) is 85.3 Å². The quantitative estimate of drug-likeness (QED) is 0.0290. The van der Waals surface area contributed by atoms with Gasteiger partial charge in [-0.3, -0.25) is 4.79 Å². The lowest BCUT2D eigenvalue weighted by Gasteiger charge is -2.50. The Bertz CT molecular complexity index is 2860. The summed E-state index contributed by atoms with van der Waals surface area (Å²) >= 11 is 0. The molecule has 0 saturated carbocycles. The molecule has 1 amide bonds. The fraction of sp³-hybridized carbons (Fsp3) is 0.984. The van der Waals surface area contributed by atoms with E-state index in [1.54, 1.807) is 0 Å². The van der Waals surface area contributed by atoms with Gasteiger partial charge < -0.3 is 254 Å². The topological polar surface area (TPSA) is 843 Å². The number of rotatable bonds is 33. The molecule has 33 N–H and O–H groups in total. The summed E-state index contributed by atoms with van der Waals surface area (Å²) in [6.45, 7) is -11.6. The molecule has 0 aromatic carbocycles. The molecule has 114 heavy (non-hydrogen) atoms. The lowest BCUT2D eigenvalue weighted by molar-refractivity contribution is -0.410. The van der Waals surface area contributed by atoms with E-state index in [0.29, 0.717) is 0 Å². The molecule has 9 fully saturated rings. The molecule has 52 nitrogen and oxygen atoms in total. The number of hydrogen-bond donors (Lipinski definition) is 33. The van der Waals surface area contributed by atoms with Crippen LogP contribution in [0.2, 0.25) is 0 Å². The number of hydrogen-bond acceptors (Lipinski definition) is 51. The van der Waals surface area contributed by atoms with E-state index in [1.165, 1.54) is 0 Å². The third-order valence-corrected chi connectivity index (χ3v) is 20.9. The second-order valence-electron chi connectivity index (χ2n) is 28.6. The van der Waals surface area contributed by atoms with E-state index < -0.39 is 379 Å². The maximum atomic E-state index is 12.5. The average molecular weight is 1680 g/mol. The summed E-state index contributed by atoms with van der Waals surface area (Å²) in [5.74, 6) is -0.904. The summed E-state index contributed by atoms with van der Waals surface area (Å²) in [5, 5.41) is 353. The van der Waals surface area contributed by atoms with Gasteiger partial charge in [-0.25, -0.2) is 0 Å². The minimum absolute atomic E-state index is 0.904. The highest BCUT2D eigenvalue weighted by atomic mass is 16.8. The second-order valence-corrected chi connectivity index (χ2v) is 28.6. The molecule has 9 aliphatic rings. The van der Waals surface area contributed by atoms with Crippen LogP contribution >= 0.6 is 0 Å². The average Bonchev–Trinajstić information content (AvgIpc) is 0.771. The van der Waals surface area contributed by atoms with Crippen molar-refractivity contribution in [2.75, 3.05) is 72.7 Å². The molecule has 52 heteroatoms. The summed E-state index contributed by atoms with van der Waals surface area (Å²) < 4.78 is 104. The van der Waals surface area contributed by atoms with Crippen molar-refractivity contribution >= 4 is 5.91 Å². The van der Waals surface area contributed by atoms with Gasteiger partial charge in [-0.2, -0.15) is 0 Å². The lowest BCUT2D eigenvalue weighted by atomic mass is 9.95. The molecule has 0 spiro atoms. The smallest absolute Gasteiger partial charge is 0.217 e. The van der Waals surface area contributed by atoms with Crippen LogP contribution in [-0.2, 0) is 90.1 Å². The Kier molecular flexibility index (Phi) is 35.1. The third-order valence-electron chi connectivity index (χ3n) is 20.9. The van der Waals surface area contributed by atoms with Gasteiger partial charge in [0.2, 0.25) is 5.91 Å². The van der Waals surface area contributed by atoms with Gasteiger partial charge in [0.25, 0.3) is 0 Å². The van der Waals surface area contributed by atoms with Gasteiger partial charge in [-0.15, -0.1) is 0 Å². The van der Waals surface area contributed by atoms with Crippen molar-refractivity contribution in [2.24, 2.45) is 0 Å². The van der Waals surface area contributed by atoms with E-state index in [0.717, 1.165) is 6.92 Å². The summed E-state index contributed by atoms with van der Waals surface area (Å²) in [5.41, 5.74) is 0. The minimum Gasteiger partial charge on any atom is -0.394 e. The predicted molar refractivity (Wildman–Crippen MR) is 343 cm³/mol. The Hall–Kier alpha value is -2.53. The van der Waals surface area contributed by atoms with Crippen LogP contribution in [0, 0.1) is 0 Å². The van der Waals surface area contributed by atoms with Crippen molar-refractivity contribution in [3.8, 4) is 0 Å². The van der Waals surface area contributed by atoms with Crippen LogP contribution in [0.5, 0.6) is 0 Å². The zero-order valence-corrected chi connectivity index (χ0v) is 60.1. The fourth-order valence-corrected chi connectivity index (χ4v) is 14.2. The number of aliphatic hydroxyl groups is 32. The SMILES string of the molecule is CC(=O)N[C@@H](CO)[C@@H](O)[C@H](O[C@@H]1O[C@H](CO[C@H]2O[C@H](CO[C@H]3O[C@H](CO)[C@@H](O)[C@H](O)[C@@H]3O[C@H]3O[C@H](CO)[C@@H](O)[C@H](O)[C@@H]3O)[C@@H](O)[C@H](O[C@H]3O[C@H](CO)[C@@H](O)[C@H](O)[C@@H]3O)[C@@H]2O)[C@@H](O)[C@H](O[C@H]2O[C@H](CO)[C@@H](O)[C@H](O)[C@@H]2O[C@H]2O[C@H](CO)[C@@H](O)[C@H](O)[C@@H]2O[C@H]2O[C@H](CO)[C@@H](O)[C@H](O[C@H]3O[C@H](CO)[C@@H](O)[C@H](O)[C@H]3O)[C@@H]2O)[C@@H]1O)[C@H](O)CO. The standard InChI is InChI=1S/C62H107NO51/c1-13(73)63-14(2-64)25(75)47(15(74)3-65)108-59-46(96)50(111-61-53(40(90)31(81)20(8-70)104-61)114-62-52(39(89)30(80)21(9-71)105-62)113-58-45(95)48(32(82)22(10-72)102-58)109-55-41(91)35(85)26(76)16(4-66)99-55)34(84)24(107-59)11-97-54-44(94)49(110-56-42(92)36(86)27(77)17(5-67)100-56)33(83)23(106-54)12-98-60-51(38(88)29(79)19(7-69)103-60)112-57-43(93)37(87)28(78)18(6-68)101-57/h14-62,64-72,74-96H,2-12H2,1H3,(H,63,73)/t14-,15+,16+,17+,18+,19+,20+,21+,22+,23+,24+,25+,26+,27+,28+,29+,30+,31+,32+,33+,34+,35-,36-,37-,38-,39-,40-,41+,42-,43-,44-,45-,46-,47+,48-,49-,50-,51-,52-,53-,54-,55+,56+,57+,58+,59-,60-,61+,62+/m0/s1. The molecule has 49 atom stereocenters. The Morgan fingerprint density at radius 3 is 0.886 bits per heavy atom. The molecule has 9 heterocycles. The second kappa shape index (κ2) is 42.0. The number of aliphatic hydroxyl groups excluding tert-OH is 32. The van der Waals surface area contributed by atoms with E-state index in [2.05, 4.69) is 5.32 Å². The van der Waals surface area contributed by atoms with Gasteiger partial charge in [0.1, 0.15) is 238 Å². The van der Waals surface area contributed by atoms with Crippen LogP contribution in [0.25, 0.3) is 0 Å². The van der Waals surface area contributed by atoms with Gasteiger partial charge >= 0.3 is 0 Å². The number of nitrogens with one attached hydrogen (secondary N) is 1. The Morgan fingerprint density at radius 1 is 0.281 bits per heavy atom. The zero-order valence-electron chi connectivity index (χ0n) is 60.1. The van der Waals surface area contributed by atoms with E-state index >= 15 is 0 Å². The number of ether oxygens (including phenoxy) is 18. The van der Waals surface area contributed by atoms with Crippen molar-refractivity contribution in [3.63, 3.8) is 0 Å². The molecular weight excluding hydrogens is 1570 g/mol. The highest BCUT2D eigenvalue weighted by Gasteiger charge is 2.61. The van der Waals surface area contributed by atoms with Crippen molar-refractivity contribution < 1.29 is 253 Å². The highest BCUT2D eigenvalue weighted by Crippen LogP contribution is 2.40. The predicted octanol–water partition coefficient (Wildman–Crippen LogP) is -23.0. The van der Waals surface area contributed by atoms with Crippen LogP contribution in [0.3, 0.4) is 0 Å². The first-order valence-corrected chi connectivity index (χ1v) is 36.1. The minimum atomic E-state index is -2.65. The lowest BCUT2D eigenvalue weighted by Crippen LogP contribution is -2.69. The first-order chi connectivity index (χ1) is 54.0. The van der Waals surface area contributed by atoms with Gasteiger partial charge in [-0.05, 0) is 0 Å². The Labute approximate surface area is 643 Å². The molecule has 0 aromatic rings. The van der Waals surface area contributed by atoms with Gasteiger partial charge in [0.05, 0.1) is 78.7 Å². The van der Waals surface area contributed by atoms with Gasteiger partial charge in [0, 0.05) is 6.92 Å². The molecule has 0 radical (unpaired) electrons. The summed E-state index contributed by atoms with van der Waals surface area (Å²) in [4.78, 5) is 12.3. The van der Waals surface area contributed by atoms with Crippen molar-refractivity contribution in [1.29, 1.82) is 0 Å². The Balaban J connectivity index is 1.04. The fourth-order valence-electron chi connectivity index (χ4n) is 14.2. The molecule has 0 aromatic heterocycles. The maximum absolute atomic E-state index is 12.5. The van der Waals surface area contributed by atoms with E-state index in [9.17, 15) is 168 Å². The molecular formula is C62H107NO51. The number of carbonyl (C=O) groups excluding carboxylic acids is 1. The zero-order chi connectivity index (χ0) is 84.1. The summed E-state index contributed by atoms with van der Waals surface area (Å²) in [6.07, 6.45) is -106. The highest BCUT2D eigenvalue weighted by molar-refractivity contribution is 5.73. The third kappa shape index (κ3) is 20.7. The molecule has 666 valence electrons. The van der Waals surface area contributed by atoms with Gasteiger partial charge in [0.15, 0.2) is 56.6 Å². The van der Waals surface area contributed by atoms with Gasteiger partial charge in [-0.1, -0.05) is 0 Å². The van der Waals surface area contributed by atoms with Crippen LogP contribution < -0.4 is 5.32 Å². The monoisotopic (exact) mass is 1680 g/mol. The van der Waals surface area contributed by atoms with Crippen LogP contribution in [0.4, 0.5) is 0 Å². The van der Waals surface area contributed by atoms with Crippen molar-refractivity contribution in [1.82, 2.24) is 5.32 Å². The molecule has 0 unspecified atom stereocenters. The summed E-state index contributed by atoms with van der Waals surface area (Å²) in [6, 6.07) is -1.79. The van der Waals surface area contributed by atoms with Crippen molar-refractivity contribution in [3.05, 3.63) is 0 Å². The molecule has 9 rings (SSSR count). The first-order valence-electron chi connectivity index (χ1n) is 36.1. The van der Waals surface area contributed by atoms with Crippen molar-refractivity contribution in [2.45, 2.75) is 308 Å². The van der Waals surface area contributed by atoms with Crippen LogP contribution in [0.15, 0.2) is 0 Å².